The average molecular weight is 315 g/mol. The molecule has 112 valence electrons. The summed E-state index contributed by atoms with van der Waals surface area (Å²) in [6, 6.07) is 15.3. The average Bonchev–Trinajstić information content (AvgIpc) is 2.94. The molecule has 22 heavy (non-hydrogen) atoms. The zero-order valence-electron chi connectivity index (χ0n) is 12.0. The van der Waals surface area contributed by atoms with Crippen LogP contribution in [-0.4, -0.2) is 5.16 Å². The number of nitrogens with two attached hydrogens (primary N) is 1. The Bertz CT molecular complexity index is 761. The molecule has 0 amide bonds. The van der Waals surface area contributed by atoms with Gasteiger partial charge in [-0.05, 0) is 30.2 Å². The van der Waals surface area contributed by atoms with Crippen LogP contribution in [0.25, 0.3) is 11.3 Å². The van der Waals surface area contributed by atoms with Gasteiger partial charge in [0.25, 0.3) is 0 Å². The lowest BCUT2D eigenvalue weighted by Gasteiger charge is -2.12. The van der Waals surface area contributed by atoms with Gasteiger partial charge in [0.15, 0.2) is 11.6 Å². The first-order valence-electron chi connectivity index (χ1n) is 6.83. The molecule has 0 bridgehead atoms. The molecule has 0 aliphatic heterocycles. The van der Waals surface area contributed by atoms with E-state index in [0.717, 1.165) is 16.7 Å². The fraction of sp³-hybridized carbons (Fsp3) is 0.118. The topological polar surface area (TPSA) is 61.3 Å². The van der Waals surface area contributed by atoms with Crippen LogP contribution in [0.1, 0.15) is 11.1 Å². The Hall–Kier alpha value is -2.46. The summed E-state index contributed by atoms with van der Waals surface area (Å²) in [5, 5.41) is 4.21. The first-order valence-corrected chi connectivity index (χ1v) is 7.21. The van der Waals surface area contributed by atoms with E-state index >= 15 is 0 Å². The van der Waals surface area contributed by atoms with Crippen molar-refractivity contribution >= 4 is 17.4 Å². The molecule has 5 heteroatoms. The number of anilines is 1. The largest absolute Gasteiger partial charge is 0.487 e. The Kier molecular flexibility index (Phi) is 4.02. The highest BCUT2D eigenvalue weighted by Gasteiger charge is 2.12. The van der Waals surface area contributed by atoms with Crippen molar-refractivity contribution in [3.8, 4) is 17.1 Å². The molecule has 1 aromatic heterocycles. The zero-order chi connectivity index (χ0) is 15.5. The van der Waals surface area contributed by atoms with Gasteiger partial charge in [-0.15, -0.1) is 0 Å². The molecule has 2 aromatic carbocycles. The Balaban J connectivity index is 1.84. The zero-order valence-corrected chi connectivity index (χ0v) is 12.8. The number of hydrogen-bond acceptors (Lipinski definition) is 4. The van der Waals surface area contributed by atoms with Crippen LogP contribution in [0.2, 0.25) is 5.02 Å². The second kappa shape index (κ2) is 6.12. The van der Waals surface area contributed by atoms with Crippen LogP contribution < -0.4 is 10.5 Å². The normalized spacial score (nSPS) is 10.6. The van der Waals surface area contributed by atoms with E-state index in [1.54, 1.807) is 12.1 Å². The first-order chi connectivity index (χ1) is 10.6. The second-order valence-corrected chi connectivity index (χ2v) is 5.40. The summed E-state index contributed by atoms with van der Waals surface area (Å²) >= 11 is 6.34. The minimum Gasteiger partial charge on any atom is -0.487 e. The summed E-state index contributed by atoms with van der Waals surface area (Å²) in [6.45, 7) is 2.41. The third kappa shape index (κ3) is 3.07. The van der Waals surface area contributed by atoms with Crippen molar-refractivity contribution in [3.05, 3.63) is 64.7 Å². The molecule has 0 saturated carbocycles. The minimum atomic E-state index is 0.341. The van der Waals surface area contributed by atoms with E-state index < -0.39 is 0 Å². The Morgan fingerprint density at radius 2 is 1.95 bits per heavy atom. The van der Waals surface area contributed by atoms with Gasteiger partial charge in [-0.1, -0.05) is 47.1 Å². The highest BCUT2D eigenvalue weighted by atomic mass is 35.5. The lowest BCUT2D eigenvalue weighted by atomic mass is 10.1. The minimum absolute atomic E-state index is 0.341. The fourth-order valence-electron chi connectivity index (χ4n) is 2.21. The number of rotatable bonds is 4. The number of aromatic nitrogens is 1. The first kappa shape index (κ1) is 14.5. The van der Waals surface area contributed by atoms with Gasteiger partial charge in [0.05, 0.1) is 5.02 Å². The van der Waals surface area contributed by atoms with E-state index in [4.69, 9.17) is 26.6 Å². The van der Waals surface area contributed by atoms with Crippen molar-refractivity contribution in [2.45, 2.75) is 13.5 Å². The molecule has 0 unspecified atom stereocenters. The van der Waals surface area contributed by atoms with Crippen molar-refractivity contribution in [2.75, 3.05) is 5.73 Å². The summed E-state index contributed by atoms with van der Waals surface area (Å²) in [5.41, 5.74) is 8.40. The third-order valence-electron chi connectivity index (χ3n) is 3.27. The third-order valence-corrected chi connectivity index (χ3v) is 3.55. The number of ether oxygens (including phenoxy) is 1. The lowest BCUT2D eigenvalue weighted by Crippen LogP contribution is -1.98. The second-order valence-electron chi connectivity index (χ2n) is 4.99. The predicted molar refractivity (Wildman–Crippen MR) is 86.9 cm³/mol. The molecule has 4 nitrogen and oxygen atoms in total. The monoisotopic (exact) mass is 314 g/mol. The van der Waals surface area contributed by atoms with Crippen molar-refractivity contribution in [2.24, 2.45) is 0 Å². The van der Waals surface area contributed by atoms with Crippen molar-refractivity contribution < 1.29 is 9.26 Å². The SMILES string of the molecule is Cc1cc(-c2cc(N)no2)cc(Cl)c1OCc1ccccc1. The van der Waals surface area contributed by atoms with Gasteiger partial charge >= 0.3 is 0 Å². The van der Waals surface area contributed by atoms with Gasteiger partial charge in [0.1, 0.15) is 12.4 Å². The molecular formula is C17H15ClN2O2. The molecule has 0 aliphatic rings. The summed E-state index contributed by atoms with van der Waals surface area (Å²) < 4.78 is 11.0. The van der Waals surface area contributed by atoms with Crippen LogP contribution in [0.4, 0.5) is 5.82 Å². The maximum Gasteiger partial charge on any atom is 0.169 e. The van der Waals surface area contributed by atoms with Gasteiger partial charge in [-0.2, -0.15) is 0 Å². The summed E-state index contributed by atoms with van der Waals surface area (Å²) in [6.07, 6.45) is 0. The van der Waals surface area contributed by atoms with Gasteiger partial charge < -0.3 is 15.0 Å². The van der Waals surface area contributed by atoms with Crippen LogP contribution in [0.15, 0.2) is 53.1 Å². The summed E-state index contributed by atoms with van der Waals surface area (Å²) in [4.78, 5) is 0. The van der Waals surface area contributed by atoms with E-state index in [1.165, 1.54) is 0 Å². The Morgan fingerprint density at radius 3 is 2.59 bits per heavy atom. The van der Waals surface area contributed by atoms with Crippen LogP contribution in [-0.2, 0) is 6.61 Å². The van der Waals surface area contributed by atoms with E-state index in [1.807, 2.05) is 43.3 Å². The Labute approximate surface area is 133 Å². The van der Waals surface area contributed by atoms with Crippen LogP contribution in [0.3, 0.4) is 0 Å². The molecular weight excluding hydrogens is 300 g/mol. The maximum absolute atomic E-state index is 6.34. The number of benzene rings is 2. The molecule has 1 heterocycles. The van der Waals surface area contributed by atoms with E-state index in [0.29, 0.717) is 29.0 Å². The van der Waals surface area contributed by atoms with Crippen LogP contribution in [0, 0.1) is 6.92 Å². The van der Waals surface area contributed by atoms with Gasteiger partial charge in [-0.25, -0.2) is 0 Å². The molecule has 0 spiro atoms. The lowest BCUT2D eigenvalue weighted by molar-refractivity contribution is 0.304. The molecule has 2 N–H and O–H groups in total. The predicted octanol–water partition coefficient (Wildman–Crippen LogP) is 4.46. The highest BCUT2D eigenvalue weighted by Crippen LogP contribution is 2.34. The molecule has 0 radical (unpaired) electrons. The summed E-state index contributed by atoms with van der Waals surface area (Å²) in [7, 11) is 0. The number of hydrogen-bond donors (Lipinski definition) is 1. The van der Waals surface area contributed by atoms with E-state index in [-0.39, 0.29) is 0 Å². The van der Waals surface area contributed by atoms with E-state index in [2.05, 4.69) is 5.16 Å². The van der Waals surface area contributed by atoms with Gasteiger partial charge in [0, 0.05) is 11.6 Å². The molecule has 3 aromatic rings. The molecule has 0 aliphatic carbocycles. The van der Waals surface area contributed by atoms with Crippen LogP contribution >= 0.6 is 11.6 Å². The van der Waals surface area contributed by atoms with Crippen LogP contribution in [0.5, 0.6) is 5.75 Å². The Morgan fingerprint density at radius 1 is 1.18 bits per heavy atom. The highest BCUT2D eigenvalue weighted by molar-refractivity contribution is 6.32. The number of nitrogens with zero attached hydrogens (tertiary/aromatic N) is 1. The van der Waals surface area contributed by atoms with Crippen molar-refractivity contribution in [1.82, 2.24) is 5.16 Å². The number of aryl methyl sites for hydroxylation is 1. The van der Waals surface area contributed by atoms with Gasteiger partial charge in [-0.3, -0.25) is 0 Å². The maximum atomic E-state index is 6.34. The van der Waals surface area contributed by atoms with E-state index in [9.17, 15) is 0 Å². The molecule has 0 saturated heterocycles. The fourth-order valence-corrected chi connectivity index (χ4v) is 2.53. The summed E-state index contributed by atoms with van der Waals surface area (Å²) in [5.74, 6) is 1.59. The van der Waals surface area contributed by atoms with Crippen molar-refractivity contribution in [3.63, 3.8) is 0 Å². The smallest absolute Gasteiger partial charge is 0.169 e. The molecule has 3 rings (SSSR count). The van der Waals surface area contributed by atoms with Crippen molar-refractivity contribution in [1.29, 1.82) is 0 Å². The number of halogens is 1. The molecule has 0 atom stereocenters. The standard InChI is InChI=1S/C17H15ClN2O2/c1-11-7-13(15-9-16(19)20-22-15)8-14(18)17(11)21-10-12-5-3-2-4-6-12/h2-9H,10H2,1H3,(H2,19,20). The number of nitrogen functional groups attached to an aromatic ring is 1. The van der Waals surface area contributed by atoms with Gasteiger partial charge in [0.2, 0.25) is 0 Å². The molecule has 0 fully saturated rings. The quantitative estimate of drug-likeness (QED) is 0.772.